The normalized spacial score (nSPS) is 13.9. The van der Waals surface area contributed by atoms with E-state index in [-0.39, 0.29) is 42.4 Å². The van der Waals surface area contributed by atoms with Gasteiger partial charge in [0, 0.05) is 25.9 Å². The number of guanidine groups is 1. The van der Waals surface area contributed by atoms with Crippen LogP contribution in [0.4, 0.5) is 0 Å². The molecule has 262 valence electrons. The molecule has 2 atom stereocenters. The number of hydrogen-bond donors (Lipinski definition) is 3. The average Bonchev–Trinajstić information content (AvgIpc) is 3.41. The van der Waals surface area contributed by atoms with E-state index in [4.69, 9.17) is 19.9 Å². The van der Waals surface area contributed by atoms with Gasteiger partial charge >= 0.3 is 11.9 Å². The van der Waals surface area contributed by atoms with E-state index in [1.54, 1.807) is 13.1 Å². The van der Waals surface area contributed by atoms with E-state index in [1.807, 2.05) is 69.3 Å². The first-order valence-corrected chi connectivity index (χ1v) is 17.2. The summed E-state index contributed by atoms with van der Waals surface area (Å²) in [5, 5.41) is 6.50. The van der Waals surface area contributed by atoms with Crippen molar-refractivity contribution in [1.29, 1.82) is 0 Å². The maximum absolute atomic E-state index is 13.3. The van der Waals surface area contributed by atoms with Gasteiger partial charge in [0.1, 0.15) is 30.6 Å². The van der Waals surface area contributed by atoms with E-state index >= 15 is 0 Å². The lowest BCUT2D eigenvalue weighted by Gasteiger charge is -2.22. The summed E-state index contributed by atoms with van der Waals surface area (Å²) in [5.74, 6) is 0.619. The summed E-state index contributed by atoms with van der Waals surface area (Å²) in [6.07, 6.45) is 4.52. The van der Waals surface area contributed by atoms with Crippen LogP contribution in [-0.4, -0.2) is 62.9 Å². The van der Waals surface area contributed by atoms with E-state index in [9.17, 15) is 9.59 Å². The fourth-order valence-electron chi connectivity index (χ4n) is 6.17. The Kier molecular flexibility index (Phi) is 13.8. The Bertz CT molecular complexity index is 1520. The SMILES string of the molecule is C=CCOC(=O)[C@H](Cc1ccc(OC(C)(C)C)cc1)NCC[C@H](CCCNC(N)=NC)CC(=O)OCC1c2ccccc2-c2ccccc21. The van der Waals surface area contributed by atoms with E-state index in [2.05, 4.69) is 46.5 Å². The Morgan fingerprint density at radius 2 is 1.59 bits per heavy atom. The molecule has 4 N–H and O–H groups in total. The van der Waals surface area contributed by atoms with E-state index < -0.39 is 6.04 Å². The summed E-state index contributed by atoms with van der Waals surface area (Å²) in [7, 11) is 1.64. The number of nitrogens with one attached hydrogen (secondary N) is 2. The predicted molar refractivity (Wildman–Crippen MR) is 196 cm³/mol. The van der Waals surface area contributed by atoms with E-state index in [0.29, 0.717) is 38.5 Å². The first-order valence-electron chi connectivity index (χ1n) is 17.2. The maximum Gasteiger partial charge on any atom is 0.323 e. The average molecular weight is 669 g/mol. The van der Waals surface area contributed by atoms with Crippen molar-refractivity contribution in [2.75, 3.05) is 33.4 Å². The highest BCUT2D eigenvalue weighted by atomic mass is 16.5. The smallest absolute Gasteiger partial charge is 0.323 e. The molecule has 9 nitrogen and oxygen atoms in total. The summed E-state index contributed by atoms with van der Waals surface area (Å²) in [6.45, 7) is 11.3. The minimum Gasteiger partial charge on any atom is -0.488 e. The van der Waals surface area contributed by atoms with Crippen molar-refractivity contribution in [1.82, 2.24) is 10.6 Å². The summed E-state index contributed by atoms with van der Waals surface area (Å²) in [5.41, 5.74) is 11.2. The molecule has 0 saturated carbocycles. The van der Waals surface area contributed by atoms with Crippen LogP contribution in [0.2, 0.25) is 0 Å². The van der Waals surface area contributed by atoms with Crippen LogP contribution in [0.15, 0.2) is 90.4 Å². The first-order chi connectivity index (χ1) is 23.6. The first kappa shape index (κ1) is 37.2. The zero-order chi connectivity index (χ0) is 35.2. The van der Waals surface area contributed by atoms with Crippen LogP contribution < -0.4 is 21.1 Å². The Morgan fingerprint density at radius 1 is 0.939 bits per heavy atom. The molecule has 0 spiro atoms. The van der Waals surface area contributed by atoms with Gasteiger partial charge in [-0.25, -0.2) is 0 Å². The summed E-state index contributed by atoms with van der Waals surface area (Å²) >= 11 is 0. The summed E-state index contributed by atoms with van der Waals surface area (Å²) in [4.78, 5) is 30.3. The van der Waals surface area contributed by atoms with Crippen molar-refractivity contribution in [3.8, 4) is 16.9 Å². The molecule has 3 aromatic rings. The number of aliphatic imine (C=N–C) groups is 1. The lowest BCUT2D eigenvalue weighted by molar-refractivity contribution is -0.146. The molecule has 1 aliphatic carbocycles. The van der Waals surface area contributed by atoms with Crippen LogP contribution >= 0.6 is 0 Å². The summed E-state index contributed by atoms with van der Waals surface area (Å²) < 4.78 is 17.3. The maximum atomic E-state index is 13.3. The Labute approximate surface area is 291 Å². The number of hydrogen-bond acceptors (Lipinski definition) is 7. The molecular formula is C40H52N4O5. The lowest BCUT2D eigenvalue weighted by atomic mass is 9.95. The zero-order valence-corrected chi connectivity index (χ0v) is 29.4. The minimum absolute atomic E-state index is 0.00778. The fraction of sp³-hybridized carbons (Fsp3) is 0.425. The second-order valence-electron chi connectivity index (χ2n) is 13.4. The van der Waals surface area contributed by atoms with E-state index in [0.717, 1.165) is 24.2 Å². The second-order valence-corrected chi connectivity index (χ2v) is 13.4. The van der Waals surface area contributed by atoms with Crippen LogP contribution in [0.3, 0.4) is 0 Å². The van der Waals surface area contributed by atoms with Crippen LogP contribution in [0, 0.1) is 5.92 Å². The lowest BCUT2D eigenvalue weighted by Crippen LogP contribution is -2.41. The number of ether oxygens (including phenoxy) is 3. The standard InChI is InChI=1S/C40H52N4O5/c1-6-24-47-38(46)36(25-29-17-19-30(20-18-29)49-40(2,3)4)43-23-21-28(12-11-22-44-39(41)42-5)26-37(45)48-27-35-33-15-9-7-13-31(33)32-14-8-10-16-34(32)35/h6-10,13-20,28,35-36,43H,1,11-12,21-27H2,2-5H3,(H3,41,42,44)/t28-,36-/m0/s1. The Balaban J connectivity index is 1.37. The number of carbonyl (C=O) groups excluding carboxylic acids is 2. The van der Waals surface area contributed by atoms with Crippen molar-refractivity contribution >= 4 is 17.9 Å². The molecule has 49 heavy (non-hydrogen) atoms. The largest absolute Gasteiger partial charge is 0.488 e. The Hall–Kier alpha value is -4.63. The molecule has 1 aliphatic rings. The van der Waals surface area contributed by atoms with Crippen molar-refractivity contribution in [3.05, 3.63) is 102 Å². The molecule has 0 heterocycles. The van der Waals surface area contributed by atoms with Crippen molar-refractivity contribution in [3.63, 3.8) is 0 Å². The molecule has 0 bridgehead atoms. The quantitative estimate of drug-likeness (QED) is 0.0484. The molecule has 3 aromatic carbocycles. The van der Waals surface area contributed by atoms with Gasteiger partial charge in [0.15, 0.2) is 5.96 Å². The van der Waals surface area contributed by atoms with Gasteiger partial charge < -0.3 is 30.6 Å². The topological polar surface area (TPSA) is 124 Å². The molecule has 0 aliphatic heterocycles. The van der Waals surface area contributed by atoms with Gasteiger partial charge in [0.05, 0.1) is 0 Å². The van der Waals surface area contributed by atoms with Gasteiger partial charge in [0.25, 0.3) is 0 Å². The number of rotatable bonds is 18. The molecule has 0 aromatic heterocycles. The predicted octanol–water partition coefficient (Wildman–Crippen LogP) is 6.16. The number of carbonyl (C=O) groups is 2. The molecular weight excluding hydrogens is 616 g/mol. The number of fused-ring (bicyclic) bond motifs is 3. The fourth-order valence-corrected chi connectivity index (χ4v) is 6.17. The highest BCUT2D eigenvalue weighted by molar-refractivity contribution is 5.79. The molecule has 4 rings (SSSR count). The second kappa shape index (κ2) is 18.2. The third-order valence-corrected chi connectivity index (χ3v) is 8.52. The molecule has 0 fully saturated rings. The zero-order valence-electron chi connectivity index (χ0n) is 29.4. The molecule has 9 heteroatoms. The monoisotopic (exact) mass is 668 g/mol. The number of esters is 2. The van der Waals surface area contributed by atoms with Crippen molar-refractivity contribution < 1.29 is 23.8 Å². The molecule has 0 saturated heterocycles. The summed E-state index contributed by atoms with van der Waals surface area (Å²) in [6, 6.07) is 23.8. The number of nitrogens with zero attached hydrogens (tertiary/aromatic N) is 1. The number of nitrogens with two attached hydrogens (primary N) is 1. The number of benzene rings is 3. The van der Waals surface area contributed by atoms with Crippen molar-refractivity contribution in [2.24, 2.45) is 16.6 Å². The molecule has 0 amide bonds. The van der Waals surface area contributed by atoms with Crippen molar-refractivity contribution in [2.45, 2.75) is 70.4 Å². The minimum atomic E-state index is -0.563. The van der Waals surface area contributed by atoms with Gasteiger partial charge in [-0.3, -0.25) is 14.6 Å². The van der Waals surface area contributed by atoms with Gasteiger partial charge in [-0.05, 0) is 98.9 Å². The van der Waals surface area contributed by atoms with Gasteiger partial charge in [-0.2, -0.15) is 0 Å². The van der Waals surface area contributed by atoms with E-state index in [1.165, 1.54) is 22.3 Å². The molecule has 0 radical (unpaired) electrons. The Morgan fingerprint density at radius 3 is 2.20 bits per heavy atom. The van der Waals surface area contributed by atoms with Gasteiger partial charge in [-0.15, -0.1) is 0 Å². The molecule has 0 unspecified atom stereocenters. The third-order valence-electron chi connectivity index (χ3n) is 8.52. The van der Waals surface area contributed by atoms with Gasteiger partial charge in [0.2, 0.25) is 0 Å². The highest BCUT2D eigenvalue weighted by Crippen LogP contribution is 2.44. The van der Waals surface area contributed by atoms with Crippen LogP contribution in [-0.2, 0) is 25.5 Å². The highest BCUT2D eigenvalue weighted by Gasteiger charge is 2.29. The van der Waals surface area contributed by atoms with Gasteiger partial charge in [-0.1, -0.05) is 73.3 Å². The van der Waals surface area contributed by atoms with Crippen LogP contribution in [0.1, 0.15) is 69.1 Å². The van der Waals surface area contributed by atoms with Crippen LogP contribution in [0.25, 0.3) is 11.1 Å². The third kappa shape index (κ3) is 11.5. The van der Waals surface area contributed by atoms with Crippen LogP contribution in [0.5, 0.6) is 5.75 Å².